The number of benzene rings is 2. The lowest BCUT2D eigenvalue weighted by molar-refractivity contribution is 0.171. The first-order valence-electron chi connectivity index (χ1n) is 8.73. The second-order valence-corrected chi connectivity index (χ2v) is 6.95. The first-order chi connectivity index (χ1) is 12.2. The molecule has 0 N–H and O–H groups in total. The Bertz CT molecular complexity index is 862. The molecule has 2 heterocycles. The second-order valence-electron chi connectivity index (χ2n) is 6.68. The van der Waals surface area contributed by atoms with E-state index in [0.29, 0.717) is 17.4 Å². The number of hydrogen-bond acceptors (Lipinski definition) is 2. The number of aromatic nitrogens is 2. The van der Waals surface area contributed by atoms with Crippen LogP contribution in [0.5, 0.6) is 0 Å². The molecule has 0 spiro atoms. The normalized spacial score (nSPS) is 18.7. The molecule has 25 heavy (non-hydrogen) atoms. The van der Waals surface area contributed by atoms with Crippen LogP contribution in [0, 0.1) is 5.82 Å². The van der Waals surface area contributed by atoms with Crippen LogP contribution in [-0.4, -0.2) is 27.5 Å². The highest BCUT2D eigenvalue weighted by Gasteiger charge is 2.25. The number of nitrogens with zero attached hydrogens (tertiary/aromatic N) is 3. The van der Waals surface area contributed by atoms with E-state index in [9.17, 15) is 4.39 Å². The van der Waals surface area contributed by atoms with Crippen molar-refractivity contribution in [2.75, 3.05) is 13.1 Å². The van der Waals surface area contributed by atoms with Crippen LogP contribution in [0.3, 0.4) is 0 Å². The Morgan fingerprint density at radius 1 is 1.16 bits per heavy atom. The van der Waals surface area contributed by atoms with Crippen molar-refractivity contribution >= 4 is 22.6 Å². The van der Waals surface area contributed by atoms with E-state index in [2.05, 4.69) is 38.7 Å². The molecule has 1 aliphatic heterocycles. The van der Waals surface area contributed by atoms with Crippen molar-refractivity contribution in [3.8, 4) is 0 Å². The monoisotopic (exact) mass is 357 g/mol. The average Bonchev–Trinajstić information content (AvgIpc) is 3.00. The minimum absolute atomic E-state index is 0.257. The predicted molar refractivity (Wildman–Crippen MR) is 99.2 cm³/mol. The standard InChI is InChI=1S/C20H21ClFN3/c21-12-20-23-18-11-16(22)8-9-19(18)25(20)17-7-4-10-24(14-17)13-15-5-2-1-3-6-15/h1-3,5-6,8-9,11,17H,4,7,10,12-14H2. The van der Waals surface area contributed by atoms with Crippen LogP contribution < -0.4 is 0 Å². The zero-order valence-corrected chi connectivity index (χ0v) is 14.8. The number of piperidine rings is 1. The van der Waals surface area contributed by atoms with Gasteiger partial charge in [-0.3, -0.25) is 4.90 Å². The molecule has 2 aromatic carbocycles. The molecular formula is C20H21ClFN3. The highest BCUT2D eigenvalue weighted by Crippen LogP contribution is 2.29. The summed E-state index contributed by atoms with van der Waals surface area (Å²) in [5.74, 6) is 0.910. The van der Waals surface area contributed by atoms with Gasteiger partial charge in [-0.05, 0) is 37.1 Å². The van der Waals surface area contributed by atoms with E-state index in [-0.39, 0.29) is 5.82 Å². The molecule has 1 fully saturated rings. The van der Waals surface area contributed by atoms with Gasteiger partial charge >= 0.3 is 0 Å². The average molecular weight is 358 g/mol. The lowest BCUT2D eigenvalue weighted by atomic mass is 10.0. The maximum atomic E-state index is 13.5. The van der Waals surface area contributed by atoms with Crippen LogP contribution in [-0.2, 0) is 12.4 Å². The Balaban J connectivity index is 1.62. The first-order valence-corrected chi connectivity index (χ1v) is 9.26. The Morgan fingerprint density at radius 3 is 2.80 bits per heavy atom. The SMILES string of the molecule is Fc1ccc2c(c1)nc(CCl)n2C1CCCN(Cc2ccccc2)C1. The molecule has 5 heteroatoms. The molecule has 1 aliphatic rings. The number of alkyl halides is 1. The maximum Gasteiger partial charge on any atom is 0.125 e. The summed E-state index contributed by atoms with van der Waals surface area (Å²) in [6.07, 6.45) is 2.23. The van der Waals surface area contributed by atoms with Crippen molar-refractivity contribution in [1.29, 1.82) is 0 Å². The fraction of sp³-hybridized carbons (Fsp3) is 0.350. The summed E-state index contributed by atoms with van der Waals surface area (Å²) in [5.41, 5.74) is 3.00. The molecule has 1 unspecified atom stereocenters. The van der Waals surface area contributed by atoms with Crippen LogP contribution in [0.4, 0.5) is 4.39 Å². The van der Waals surface area contributed by atoms with Crippen LogP contribution in [0.15, 0.2) is 48.5 Å². The van der Waals surface area contributed by atoms with Gasteiger partial charge in [-0.2, -0.15) is 0 Å². The van der Waals surface area contributed by atoms with E-state index in [0.717, 1.165) is 43.8 Å². The van der Waals surface area contributed by atoms with Gasteiger partial charge in [0, 0.05) is 25.2 Å². The van der Waals surface area contributed by atoms with Gasteiger partial charge in [0.25, 0.3) is 0 Å². The molecule has 0 bridgehead atoms. The second kappa shape index (κ2) is 7.14. The van der Waals surface area contributed by atoms with E-state index in [1.54, 1.807) is 0 Å². The largest absolute Gasteiger partial charge is 0.323 e. The summed E-state index contributed by atoms with van der Waals surface area (Å²) in [5, 5.41) is 0. The highest BCUT2D eigenvalue weighted by molar-refractivity contribution is 6.16. The summed E-state index contributed by atoms with van der Waals surface area (Å²) < 4.78 is 15.8. The Hall–Kier alpha value is -1.91. The maximum absolute atomic E-state index is 13.5. The topological polar surface area (TPSA) is 21.1 Å². The van der Waals surface area contributed by atoms with Crippen molar-refractivity contribution in [3.05, 3.63) is 65.7 Å². The number of imidazole rings is 1. The van der Waals surface area contributed by atoms with Crippen molar-refractivity contribution in [2.45, 2.75) is 31.3 Å². The van der Waals surface area contributed by atoms with Gasteiger partial charge in [-0.1, -0.05) is 30.3 Å². The van der Waals surface area contributed by atoms with Crippen LogP contribution >= 0.6 is 11.6 Å². The summed E-state index contributed by atoms with van der Waals surface area (Å²) in [6, 6.07) is 15.7. The fourth-order valence-corrected chi connectivity index (χ4v) is 4.04. The zero-order chi connectivity index (χ0) is 17.2. The molecular weight excluding hydrogens is 337 g/mol. The molecule has 130 valence electrons. The number of fused-ring (bicyclic) bond motifs is 1. The lowest BCUT2D eigenvalue weighted by Crippen LogP contribution is -2.36. The van der Waals surface area contributed by atoms with E-state index >= 15 is 0 Å². The van der Waals surface area contributed by atoms with Gasteiger partial charge in [-0.25, -0.2) is 9.37 Å². The Labute approximate surface area is 152 Å². The van der Waals surface area contributed by atoms with E-state index in [4.69, 9.17) is 11.6 Å². The van der Waals surface area contributed by atoms with Gasteiger partial charge in [0.2, 0.25) is 0 Å². The zero-order valence-electron chi connectivity index (χ0n) is 14.0. The smallest absolute Gasteiger partial charge is 0.125 e. The van der Waals surface area contributed by atoms with E-state index in [1.165, 1.54) is 17.7 Å². The molecule has 3 nitrogen and oxygen atoms in total. The van der Waals surface area contributed by atoms with Crippen molar-refractivity contribution in [1.82, 2.24) is 14.5 Å². The number of likely N-dealkylation sites (tertiary alicyclic amines) is 1. The van der Waals surface area contributed by atoms with Crippen LogP contribution in [0.25, 0.3) is 11.0 Å². The molecule has 0 aliphatic carbocycles. The highest BCUT2D eigenvalue weighted by atomic mass is 35.5. The summed E-state index contributed by atoms with van der Waals surface area (Å²) >= 11 is 6.14. The molecule has 0 amide bonds. The first kappa shape index (κ1) is 16.6. The van der Waals surface area contributed by atoms with Crippen molar-refractivity contribution in [3.63, 3.8) is 0 Å². The summed E-state index contributed by atoms with van der Waals surface area (Å²) in [7, 11) is 0. The summed E-state index contributed by atoms with van der Waals surface area (Å²) in [6.45, 7) is 3.01. The lowest BCUT2D eigenvalue weighted by Gasteiger charge is -2.34. The van der Waals surface area contributed by atoms with Crippen molar-refractivity contribution < 1.29 is 4.39 Å². The van der Waals surface area contributed by atoms with E-state index < -0.39 is 0 Å². The van der Waals surface area contributed by atoms with E-state index in [1.807, 2.05) is 12.1 Å². The molecule has 1 saturated heterocycles. The van der Waals surface area contributed by atoms with Gasteiger partial charge < -0.3 is 4.57 Å². The van der Waals surface area contributed by atoms with Gasteiger partial charge in [-0.15, -0.1) is 11.6 Å². The Morgan fingerprint density at radius 2 is 2.00 bits per heavy atom. The fourth-order valence-electron chi connectivity index (χ4n) is 3.85. The minimum Gasteiger partial charge on any atom is -0.323 e. The minimum atomic E-state index is -0.257. The van der Waals surface area contributed by atoms with Gasteiger partial charge in [0.15, 0.2) is 0 Å². The third kappa shape index (κ3) is 3.42. The summed E-state index contributed by atoms with van der Waals surface area (Å²) in [4.78, 5) is 7.03. The molecule has 1 atom stereocenters. The Kier molecular flexibility index (Phi) is 4.73. The molecule has 0 saturated carbocycles. The third-order valence-electron chi connectivity index (χ3n) is 4.94. The number of hydrogen-bond donors (Lipinski definition) is 0. The molecule has 4 rings (SSSR count). The van der Waals surface area contributed by atoms with Gasteiger partial charge in [0.05, 0.1) is 16.9 Å². The van der Waals surface area contributed by atoms with Crippen molar-refractivity contribution in [2.24, 2.45) is 0 Å². The van der Waals surface area contributed by atoms with Gasteiger partial charge in [0.1, 0.15) is 11.6 Å². The third-order valence-corrected chi connectivity index (χ3v) is 5.18. The molecule has 0 radical (unpaired) electrons. The van der Waals surface area contributed by atoms with Crippen LogP contribution in [0.2, 0.25) is 0 Å². The number of halogens is 2. The molecule has 1 aromatic heterocycles. The molecule has 3 aromatic rings. The number of rotatable bonds is 4. The van der Waals surface area contributed by atoms with Crippen LogP contribution in [0.1, 0.15) is 30.3 Å². The predicted octanol–water partition coefficient (Wildman–Crippen LogP) is 4.75. The quantitative estimate of drug-likeness (QED) is 0.628.